The van der Waals surface area contributed by atoms with Crippen LogP contribution in [0.4, 0.5) is 5.69 Å². The van der Waals surface area contributed by atoms with Gasteiger partial charge in [-0.05, 0) is 42.5 Å². The molecule has 0 saturated heterocycles. The van der Waals surface area contributed by atoms with Crippen LogP contribution in [-0.4, -0.2) is 23.0 Å². The van der Waals surface area contributed by atoms with E-state index in [4.69, 9.17) is 9.15 Å². The minimum Gasteiger partial charge on any atom is -0.465 e. The Balaban J connectivity index is 1.69. The van der Waals surface area contributed by atoms with Gasteiger partial charge in [-0.15, -0.1) is 0 Å². The lowest BCUT2D eigenvalue weighted by Crippen LogP contribution is -2.17. The van der Waals surface area contributed by atoms with Gasteiger partial charge < -0.3 is 9.15 Å². The zero-order valence-electron chi connectivity index (χ0n) is 15.7. The Morgan fingerprint density at radius 2 is 2.00 bits per heavy atom. The molecule has 3 aromatic rings. The van der Waals surface area contributed by atoms with E-state index in [1.165, 1.54) is 42.8 Å². The molecule has 0 saturated carbocycles. The van der Waals surface area contributed by atoms with Crippen molar-refractivity contribution in [2.45, 2.75) is 0 Å². The summed E-state index contributed by atoms with van der Waals surface area (Å²) in [5, 5.41) is 14.7. The number of carbonyl (C=O) groups is 2. The van der Waals surface area contributed by atoms with Gasteiger partial charge in [-0.2, -0.15) is 5.10 Å². The SMILES string of the molecule is O=C(/C=C/c1ccco1)Oc1ccc(Br)cc1/C=N\NC(=O)c1cccc([N+](=O)[O-])c1. The Morgan fingerprint density at radius 1 is 1.16 bits per heavy atom. The van der Waals surface area contributed by atoms with E-state index in [1.807, 2.05) is 0 Å². The number of hydrogen-bond donors (Lipinski definition) is 1. The largest absolute Gasteiger partial charge is 0.465 e. The second-order valence-electron chi connectivity index (χ2n) is 5.96. The molecule has 9 nitrogen and oxygen atoms in total. The van der Waals surface area contributed by atoms with Gasteiger partial charge in [0.1, 0.15) is 11.5 Å². The van der Waals surface area contributed by atoms with E-state index in [9.17, 15) is 19.7 Å². The summed E-state index contributed by atoms with van der Waals surface area (Å²) >= 11 is 3.32. The van der Waals surface area contributed by atoms with Crippen molar-refractivity contribution in [2.24, 2.45) is 5.10 Å². The number of carbonyl (C=O) groups excluding carboxylic acids is 2. The van der Waals surface area contributed by atoms with E-state index in [1.54, 1.807) is 30.3 Å². The van der Waals surface area contributed by atoms with Crippen LogP contribution in [0.3, 0.4) is 0 Å². The van der Waals surface area contributed by atoms with E-state index in [0.29, 0.717) is 15.8 Å². The number of nitro benzene ring substituents is 1. The predicted octanol–water partition coefficient (Wildman–Crippen LogP) is 4.33. The number of furan rings is 1. The van der Waals surface area contributed by atoms with Crippen LogP contribution in [0.5, 0.6) is 5.75 Å². The Hall–Kier alpha value is -4.05. The quantitative estimate of drug-likeness (QED) is 0.133. The van der Waals surface area contributed by atoms with Crippen molar-refractivity contribution in [3.8, 4) is 5.75 Å². The summed E-state index contributed by atoms with van der Waals surface area (Å²) < 4.78 is 11.1. The lowest BCUT2D eigenvalue weighted by molar-refractivity contribution is -0.384. The molecule has 1 heterocycles. The number of benzene rings is 2. The highest BCUT2D eigenvalue weighted by atomic mass is 79.9. The zero-order valence-corrected chi connectivity index (χ0v) is 17.3. The van der Waals surface area contributed by atoms with Gasteiger partial charge in [-0.3, -0.25) is 14.9 Å². The number of esters is 1. The van der Waals surface area contributed by atoms with Crippen LogP contribution in [0, 0.1) is 10.1 Å². The van der Waals surface area contributed by atoms with Gasteiger partial charge in [0.15, 0.2) is 0 Å². The molecule has 1 N–H and O–H groups in total. The molecule has 0 aliphatic heterocycles. The first kappa shape index (κ1) is 21.7. The molecule has 0 radical (unpaired) electrons. The Morgan fingerprint density at radius 3 is 2.74 bits per heavy atom. The molecule has 0 spiro atoms. The summed E-state index contributed by atoms with van der Waals surface area (Å²) in [5.41, 5.74) is 2.56. The number of nitrogens with zero attached hydrogens (tertiary/aromatic N) is 2. The highest BCUT2D eigenvalue weighted by molar-refractivity contribution is 9.10. The smallest absolute Gasteiger partial charge is 0.336 e. The van der Waals surface area contributed by atoms with E-state index in [0.717, 1.165) is 6.07 Å². The highest BCUT2D eigenvalue weighted by Gasteiger charge is 2.11. The summed E-state index contributed by atoms with van der Waals surface area (Å²) in [5.74, 6) is -0.548. The lowest BCUT2D eigenvalue weighted by Gasteiger charge is -2.06. The van der Waals surface area contributed by atoms with Crippen LogP contribution in [0.25, 0.3) is 6.08 Å². The molecular weight excluding hydrogens is 470 g/mol. The number of nitrogens with one attached hydrogen (secondary N) is 1. The molecule has 3 rings (SSSR count). The Bertz CT molecular complexity index is 1170. The van der Waals surface area contributed by atoms with Crippen LogP contribution in [0.2, 0.25) is 0 Å². The fourth-order valence-electron chi connectivity index (χ4n) is 2.38. The Kier molecular flexibility index (Phi) is 7.07. The molecule has 0 atom stereocenters. The molecule has 0 unspecified atom stereocenters. The molecular formula is C21H14BrN3O6. The predicted molar refractivity (Wildman–Crippen MR) is 116 cm³/mol. The first-order valence-electron chi connectivity index (χ1n) is 8.73. The van der Waals surface area contributed by atoms with Gasteiger partial charge >= 0.3 is 5.97 Å². The van der Waals surface area contributed by atoms with Crippen LogP contribution in [-0.2, 0) is 4.79 Å². The number of ether oxygens (including phenoxy) is 1. The average Bonchev–Trinajstić information content (AvgIpc) is 3.28. The van der Waals surface area contributed by atoms with Crippen molar-refractivity contribution >= 4 is 45.8 Å². The van der Waals surface area contributed by atoms with Gasteiger partial charge in [0.25, 0.3) is 11.6 Å². The minimum absolute atomic E-state index is 0.0790. The topological polar surface area (TPSA) is 124 Å². The summed E-state index contributed by atoms with van der Waals surface area (Å²) in [6.45, 7) is 0. The minimum atomic E-state index is -0.631. The maximum Gasteiger partial charge on any atom is 0.336 e. The number of nitro groups is 1. The van der Waals surface area contributed by atoms with Crippen LogP contribution in [0.1, 0.15) is 21.7 Å². The molecule has 1 amide bonds. The third kappa shape index (κ3) is 6.21. The van der Waals surface area contributed by atoms with Crippen molar-refractivity contribution in [1.82, 2.24) is 5.43 Å². The molecule has 0 aliphatic rings. The van der Waals surface area contributed by atoms with Gasteiger partial charge in [0.2, 0.25) is 0 Å². The molecule has 2 aromatic carbocycles. The summed E-state index contributed by atoms with van der Waals surface area (Å²) in [7, 11) is 0. The molecule has 156 valence electrons. The highest BCUT2D eigenvalue weighted by Crippen LogP contribution is 2.22. The average molecular weight is 484 g/mol. The number of hydrazone groups is 1. The third-order valence-electron chi connectivity index (χ3n) is 3.80. The normalized spacial score (nSPS) is 11.0. The number of halogens is 1. The van der Waals surface area contributed by atoms with Gasteiger partial charge in [-0.25, -0.2) is 10.2 Å². The van der Waals surface area contributed by atoms with E-state index in [2.05, 4.69) is 26.5 Å². The summed E-state index contributed by atoms with van der Waals surface area (Å²) in [4.78, 5) is 34.5. The number of rotatable bonds is 7. The maximum absolute atomic E-state index is 12.2. The first-order chi connectivity index (χ1) is 14.9. The molecule has 0 bridgehead atoms. The van der Waals surface area contributed by atoms with Crippen LogP contribution < -0.4 is 10.2 Å². The summed E-state index contributed by atoms with van der Waals surface area (Å²) in [6, 6.07) is 13.5. The van der Waals surface area contributed by atoms with Crippen molar-refractivity contribution in [3.63, 3.8) is 0 Å². The first-order valence-corrected chi connectivity index (χ1v) is 9.52. The monoisotopic (exact) mass is 483 g/mol. The van der Waals surface area contributed by atoms with Crippen molar-refractivity contribution in [3.05, 3.63) is 98.4 Å². The molecule has 0 fully saturated rings. The molecule has 0 aliphatic carbocycles. The van der Waals surface area contributed by atoms with E-state index >= 15 is 0 Å². The van der Waals surface area contributed by atoms with Gasteiger partial charge in [0.05, 0.1) is 17.4 Å². The summed E-state index contributed by atoms with van der Waals surface area (Å²) in [6.07, 6.45) is 5.45. The van der Waals surface area contributed by atoms with E-state index < -0.39 is 16.8 Å². The maximum atomic E-state index is 12.2. The lowest BCUT2D eigenvalue weighted by atomic mass is 10.2. The van der Waals surface area contributed by atoms with Crippen molar-refractivity contribution in [1.29, 1.82) is 0 Å². The van der Waals surface area contributed by atoms with Gasteiger partial charge in [-0.1, -0.05) is 22.0 Å². The second kappa shape index (κ2) is 10.1. The zero-order chi connectivity index (χ0) is 22.2. The van der Waals surface area contributed by atoms with Gasteiger partial charge in [0, 0.05) is 33.8 Å². The standard InChI is InChI=1S/C21H14BrN3O6/c22-16-6-8-19(31-20(26)9-7-18-5-2-10-30-18)15(11-16)13-23-24-21(27)14-3-1-4-17(12-14)25(28)29/h1-13H,(H,24,27)/b9-7+,23-13-. The molecule has 10 heteroatoms. The van der Waals surface area contributed by atoms with Crippen molar-refractivity contribution < 1.29 is 23.7 Å². The fraction of sp³-hybridized carbons (Fsp3) is 0. The molecule has 1 aromatic heterocycles. The Labute approximate surface area is 184 Å². The number of hydrogen-bond acceptors (Lipinski definition) is 7. The van der Waals surface area contributed by atoms with Crippen LogP contribution >= 0.6 is 15.9 Å². The van der Waals surface area contributed by atoms with Crippen molar-refractivity contribution in [2.75, 3.05) is 0 Å². The number of non-ortho nitro benzene ring substituents is 1. The fourth-order valence-corrected chi connectivity index (χ4v) is 2.76. The van der Waals surface area contributed by atoms with E-state index in [-0.39, 0.29) is 17.0 Å². The molecule has 31 heavy (non-hydrogen) atoms. The second-order valence-corrected chi connectivity index (χ2v) is 6.87. The third-order valence-corrected chi connectivity index (χ3v) is 4.29. The number of amides is 1. The van der Waals surface area contributed by atoms with Crippen LogP contribution in [0.15, 0.2) is 80.9 Å².